The van der Waals surface area contributed by atoms with Crippen LogP contribution >= 0.6 is 22.7 Å². The lowest BCUT2D eigenvalue weighted by molar-refractivity contribution is 0.436. The van der Waals surface area contributed by atoms with E-state index in [1.54, 1.807) is 0 Å². The number of hydrogen-bond acceptors (Lipinski definition) is 9. The number of thiophene rings is 2. The quantitative estimate of drug-likeness (QED) is 0.140. The van der Waals surface area contributed by atoms with Crippen LogP contribution in [0.15, 0.2) is 453 Å². The molecule has 0 saturated carbocycles. The molecule has 6 heterocycles. The Morgan fingerprint density at radius 1 is 0.197 bits per heavy atom. The smallest absolute Gasteiger partial charge is 0.155 e. The van der Waals surface area contributed by atoms with Gasteiger partial charge in [0.15, 0.2) is 5.75 Å². The summed E-state index contributed by atoms with van der Waals surface area (Å²) in [5.41, 5.74) is 33.7. The molecule has 132 heavy (non-hydrogen) atoms. The van der Waals surface area contributed by atoms with Crippen molar-refractivity contribution in [2.45, 2.75) is 16.2 Å². The molecule has 3 spiro atoms. The Bertz CT molecular complexity index is 8580. The van der Waals surface area contributed by atoms with Gasteiger partial charge in [-0.15, -0.1) is 22.7 Å². The van der Waals surface area contributed by atoms with Crippen molar-refractivity contribution in [3.8, 4) is 90.1 Å². The summed E-state index contributed by atoms with van der Waals surface area (Å²) in [6.07, 6.45) is 0. The first-order valence-electron chi connectivity index (χ1n) is 45.0. The average molecular weight is 1730 g/mol. The van der Waals surface area contributed by atoms with Crippen molar-refractivity contribution in [1.82, 2.24) is 0 Å². The van der Waals surface area contributed by atoms with E-state index in [-0.39, 0.29) is 0 Å². The lowest BCUT2D eigenvalue weighted by Gasteiger charge is -2.40. The highest BCUT2D eigenvalue weighted by Gasteiger charge is 2.55. The van der Waals surface area contributed by atoms with Crippen molar-refractivity contribution in [3.63, 3.8) is 0 Å². The predicted octanol–water partition coefficient (Wildman–Crippen LogP) is 33.7. The highest BCUT2D eigenvalue weighted by atomic mass is 32.1. The van der Waals surface area contributed by atoms with Crippen molar-refractivity contribution in [2.24, 2.45) is 0 Å². The van der Waals surface area contributed by atoms with Gasteiger partial charge in [-0.25, -0.2) is 0 Å². The molecule has 0 fully saturated rings. The average Bonchev–Trinajstić information content (AvgIpc) is 1.51. The van der Waals surface area contributed by atoms with Crippen LogP contribution in [-0.4, -0.2) is 0 Å². The molecule has 9 heteroatoms. The fraction of sp³-hybridized carbons (Fsp3) is 0.0244. The summed E-state index contributed by atoms with van der Waals surface area (Å²) in [6.45, 7) is 0. The number of ether oxygens (including phenoxy) is 3. The molecular formula is C123H77N3O4S2. The van der Waals surface area contributed by atoms with Gasteiger partial charge >= 0.3 is 0 Å². The van der Waals surface area contributed by atoms with Crippen LogP contribution in [0.5, 0.6) is 34.5 Å². The van der Waals surface area contributed by atoms with E-state index < -0.39 is 16.2 Å². The van der Waals surface area contributed by atoms with Crippen molar-refractivity contribution >= 4 is 119 Å². The molecule has 0 radical (unpaired) electrons. The van der Waals surface area contributed by atoms with Gasteiger partial charge in [0.05, 0.1) is 21.9 Å². The number of benzene rings is 20. The van der Waals surface area contributed by atoms with Crippen molar-refractivity contribution < 1.29 is 18.6 Å². The molecule has 0 atom stereocenters. The van der Waals surface area contributed by atoms with Gasteiger partial charge < -0.3 is 34.6 Å². The van der Waals surface area contributed by atoms with Gasteiger partial charge in [0.25, 0.3) is 0 Å². The van der Waals surface area contributed by atoms with E-state index in [4.69, 9.17) is 18.6 Å². The van der Waals surface area contributed by atoms with Crippen LogP contribution in [0.2, 0.25) is 0 Å². The zero-order valence-electron chi connectivity index (χ0n) is 71.2. The molecule has 0 amide bonds. The molecule has 6 aliphatic rings. The summed E-state index contributed by atoms with van der Waals surface area (Å²) >= 11 is 3.67. The lowest BCUT2D eigenvalue weighted by Crippen LogP contribution is -2.33. The standard InChI is InChI=1S/C49H31NO2.2C37H23NOS/c1-4-15-39-36(11-1)37-12-2-5-16-40(37)49(39)41-17-6-8-20-44(41)52-46-22-10-18-42(48(46)49)50-34-29-27-32(28-30-34)31-23-25-33(26-24-31)35-14-9-21-45-47(35)38-13-3-7-19-43(38)51-45;1-4-14-26-23(11-1)24-12-2-5-15-27(24)37(26)28-16-6-7-20-32(28)39-36-29(37)17-9-19-31(36)38-30-18-10-22-34-35(30)25-13-3-8-21-33(25)40-34;1-4-13-27-24(10-1)25-11-2-5-14-28(25)37(27)29-15-6-7-17-32(29)39-33-22-23(20-21-30(33)37)38-31-16-9-19-35-36(31)26-12-3-8-18-34(26)40-35/h1-30,50H;2*1-22,38H. The Hall–Kier alpha value is -16.6. The minimum atomic E-state index is -0.532. The summed E-state index contributed by atoms with van der Waals surface area (Å²) in [7, 11) is 0. The third kappa shape index (κ3) is 11.2. The SMILES string of the molecule is c1ccc2c(c1)Oc1c(Nc3cccc4sc5ccccc5c34)cccc1C21c2ccccc2-c2ccccc21.c1ccc2c(c1)Oc1cc(Nc3cccc4sc5ccccc5c34)ccc1C21c2ccccc2-c2ccccc21.c1ccc2c(c1)Oc1cccc(Nc3ccc(-c4ccc(-c5cccc6oc7ccccc7c56)cc4)cc3)c1C21c2ccccc2-c2ccccc21. The number of fused-ring (bicyclic) bond motifs is 36. The molecule has 620 valence electrons. The second kappa shape index (κ2) is 29.8. The van der Waals surface area contributed by atoms with Crippen LogP contribution in [0.25, 0.3) is 118 Å². The molecule has 3 N–H and O–H groups in total. The van der Waals surface area contributed by atoms with Crippen LogP contribution in [0.4, 0.5) is 34.1 Å². The molecule has 3 aromatic heterocycles. The van der Waals surface area contributed by atoms with Gasteiger partial charge in [0.1, 0.15) is 39.9 Å². The fourth-order valence-corrected chi connectivity index (χ4v) is 25.0. The Morgan fingerprint density at radius 3 is 1.11 bits per heavy atom. The fourth-order valence-electron chi connectivity index (χ4n) is 22.8. The van der Waals surface area contributed by atoms with Gasteiger partial charge in [-0.05, 0) is 192 Å². The van der Waals surface area contributed by atoms with E-state index in [1.807, 2.05) is 40.9 Å². The number of rotatable bonds is 8. The number of furan rings is 1. The second-order valence-corrected chi connectivity index (χ2v) is 36.9. The Balaban J connectivity index is 0.000000103. The van der Waals surface area contributed by atoms with Crippen LogP contribution < -0.4 is 30.2 Å². The minimum Gasteiger partial charge on any atom is -0.457 e. The maximum atomic E-state index is 6.82. The first-order chi connectivity index (χ1) is 65.4. The van der Waals surface area contributed by atoms with E-state index >= 15 is 0 Å². The van der Waals surface area contributed by atoms with Crippen molar-refractivity contribution in [2.75, 3.05) is 16.0 Å². The van der Waals surface area contributed by atoms with Gasteiger partial charge in [0, 0.05) is 119 Å². The molecular weight excluding hydrogens is 1650 g/mol. The molecule has 23 aromatic rings. The molecule has 7 nitrogen and oxygen atoms in total. The van der Waals surface area contributed by atoms with Crippen LogP contribution in [0.1, 0.15) is 66.8 Å². The predicted molar refractivity (Wildman–Crippen MR) is 545 cm³/mol. The molecule has 20 aromatic carbocycles. The summed E-state index contributed by atoms with van der Waals surface area (Å²) in [5.74, 6) is 5.33. The third-order valence-electron chi connectivity index (χ3n) is 28.0. The molecule has 3 aliphatic heterocycles. The molecule has 0 saturated heterocycles. The number of hydrogen-bond donors (Lipinski definition) is 3. The van der Waals surface area contributed by atoms with Crippen LogP contribution in [-0.2, 0) is 16.2 Å². The zero-order chi connectivity index (χ0) is 86.7. The largest absolute Gasteiger partial charge is 0.457 e. The minimum absolute atomic E-state index is 0.431. The highest BCUT2D eigenvalue weighted by Crippen LogP contribution is 2.67. The van der Waals surface area contributed by atoms with E-state index in [0.29, 0.717) is 0 Å². The van der Waals surface area contributed by atoms with Gasteiger partial charge in [0.2, 0.25) is 0 Å². The first kappa shape index (κ1) is 75.6. The maximum absolute atomic E-state index is 6.82. The molecule has 29 rings (SSSR count). The monoisotopic (exact) mass is 1720 g/mol. The van der Waals surface area contributed by atoms with Crippen LogP contribution in [0, 0.1) is 0 Å². The number of para-hydroxylation sites is 5. The zero-order valence-corrected chi connectivity index (χ0v) is 72.8. The summed E-state index contributed by atoms with van der Waals surface area (Å²) < 4.78 is 31.5. The summed E-state index contributed by atoms with van der Waals surface area (Å²) in [6, 6.07) is 161. The van der Waals surface area contributed by atoms with E-state index in [9.17, 15) is 0 Å². The second-order valence-electron chi connectivity index (χ2n) is 34.8. The first-order valence-corrected chi connectivity index (χ1v) is 46.6. The van der Waals surface area contributed by atoms with E-state index in [0.717, 1.165) is 113 Å². The highest BCUT2D eigenvalue weighted by molar-refractivity contribution is 7.26. The molecule has 0 bridgehead atoms. The topological polar surface area (TPSA) is 76.9 Å². The molecule has 0 unspecified atom stereocenters. The number of anilines is 6. The van der Waals surface area contributed by atoms with Gasteiger partial charge in [-0.2, -0.15) is 0 Å². The Kier molecular flexibility index (Phi) is 17.0. The lowest BCUT2D eigenvalue weighted by atomic mass is 9.65. The van der Waals surface area contributed by atoms with Crippen LogP contribution in [0.3, 0.4) is 0 Å². The molecule has 3 aliphatic carbocycles. The van der Waals surface area contributed by atoms with E-state index in [1.165, 1.54) is 140 Å². The van der Waals surface area contributed by atoms with Gasteiger partial charge in [-0.1, -0.05) is 340 Å². The Labute approximate surface area is 770 Å². The number of nitrogens with one attached hydrogen (secondary N) is 3. The Morgan fingerprint density at radius 2 is 0.545 bits per heavy atom. The summed E-state index contributed by atoms with van der Waals surface area (Å²) in [5, 5.41) is 18.8. The normalized spacial score (nSPS) is 13.7. The summed E-state index contributed by atoms with van der Waals surface area (Å²) in [4.78, 5) is 0. The van der Waals surface area contributed by atoms with Crippen molar-refractivity contribution in [1.29, 1.82) is 0 Å². The van der Waals surface area contributed by atoms with Crippen molar-refractivity contribution in [3.05, 3.63) is 516 Å². The maximum Gasteiger partial charge on any atom is 0.155 e. The van der Waals surface area contributed by atoms with E-state index in [2.05, 4.69) is 447 Å². The van der Waals surface area contributed by atoms with Gasteiger partial charge in [-0.3, -0.25) is 0 Å². The third-order valence-corrected chi connectivity index (χ3v) is 30.3.